The Morgan fingerprint density at radius 3 is 2.80 bits per heavy atom. The molecule has 0 aromatic heterocycles. The van der Waals surface area contributed by atoms with Gasteiger partial charge in [-0.25, -0.2) is 8.78 Å². The predicted octanol–water partition coefficient (Wildman–Crippen LogP) is 3.93. The lowest BCUT2D eigenvalue weighted by Gasteiger charge is -2.07. The molecular formula is C8H6ClF2N3O. The van der Waals surface area contributed by atoms with Crippen LogP contribution in [0.5, 0.6) is 5.75 Å². The molecular weight excluding hydrogens is 228 g/mol. The number of halogens is 3. The van der Waals surface area contributed by atoms with Gasteiger partial charge in [-0.1, -0.05) is 16.7 Å². The Bertz CT molecular complexity index is 393. The summed E-state index contributed by atoms with van der Waals surface area (Å²) in [5.74, 6) is 0.133. The van der Waals surface area contributed by atoms with E-state index < -0.39 is 13.0 Å². The number of rotatable bonds is 4. The van der Waals surface area contributed by atoms with E-state index in [4.69, 9.17) is 21.9 Å². The summed E-state index contributed by atoms with van der Waals surface area (Å²) in [7, 11) is 0. The summed E-state index contributed by atoms with van der Waals surface area (Å²) >= 11 is 5.70. The van der Waals surface area contributed by atoms with Crippen molar-refractivity contribution >= 4 is 17.3 Å². The summed E-state index contributed by atoms with van der Waals surface area (Å²) in [5, 5.41) is 3.42. The van der Waals surface area contributed by atoms with E-state index >= 15 is 0 Å². The minimum absolute atomic E-state index is 0.126. The fraction of sp³-hybridized carbons (Fsp3) is 0.250. The van der Waals surface area contributed by atoms with Crippen LogP contribution in [0.25, 0.3) is 10.4 Å². The number of azide groups is 1. The molecule has 4 nitrogen and oxygen atoms in total. The highest BCUT2D eigenvalue weighted by atomic mass is 35.5. The van der Waals surface area contributed by atoms with E-state index in [1.54, 1.807) is 0 Å². The van der Waals surface area contributed by atoms with Gasteiger partial charge in [-0.3, -0.25) is 0 Å². The summed E-state index contributed by atoms with van der Waals surface area (Å²) in [4.78, 5) is 2.56. The summed E-state index contributed by atoms with van der Waals surface area (Å²) in [6, 6.07) is 4.13. The van der Waals surface area contributed by atoms with Gasteiger partial charge in [0.15, 0.2) is 0 Å². The van der Waals surface area contributed by atoms with Crippen molar-refractivity contribution in [1.82, 2.24) is 0 Å². The van der Waals surface area contributed by atoms with Crippen molar-refractivity contribution in [1.29, 1.82) is 0 Å². The van der Waals surface area contributed by atoms with E-state index in [0.29, 0.717) is 5.69 Å². The van der Waals surface area contributed by atoms with Crippen molar-refractivity contribution in [2.24, 2.45) is 5.11 Å². The lowest BCUT2D eigenvalue weighted by Crippen LogP contribution is -2.07. The Labute approximate surface area is 89.0 Å². The third-order valence-electron chi connectivity index (χ3n) is 1.44. The smallest absolute Gasteiger partial charge is 0.272 e. The van der Waals surface area contributed by atoms with Crippen molar-refractivity contribution in [2.75, 3.05) is 6.61 Å². The zero-order chi connectivity index (χ0) is 11.3. The molecule has 0 saturated carbocycles. The van der Waals surface area contributed by atoms with Gasteiger partial charge in [0.05, 0.1) is 5.02 Å². The fourth-order valence-corrected chi connectivity index (χ4v) is 1.10. The number of nitrogens with zero attached hydrogens (tertiary/aromatic N) is 3. The molecule has 0 heterocycles. The van der Waals surface area contributed by atoms with Gasteiger partial charge in [0.1, 0.15) is 12.4 Å². The standard InChI is InChI=1S/C8H6ClF2N3O/c9-6-3-5(13-14-12)1-2-7(6)15-4-8(10)11/h1-3,8H,4H2. The average molecular weight is 234 g/mol. The normalized spacial score (nSPS) is 9.87. The van der Waals surface area contributed by atoms with Gasteiger partial charge in [-0.2, -0.15) is 0 Å². The van der Waals surface area contributed by atoms with Crippen LogP contribution in [-0.4, -0.2) is 13.0 Å². The van der Waals surface area contributed by atoms with E-state index in [1.807, 2.05) is 0 Å². The van der Waals surface area contributed by atoms with Crippen LogP contribution < -0.4 is 4.74 Å². The van der Waals surface area contributed by atoms with Crippen molar-refractivity contribution in [3.8, 4) is 5.75 Å². The first kappa shape index (κ1) is 11.6. The molecule has 0 radical (unpaired) electrons. The van der Waals surface area contributed by atoms with E-state index in [1.165, 1.54) is 18.2 Å². The maximum atomic E-state index is 11.8. The molecule has 15 heavy (non-hydrogen) atoms. The van der Waals surface area contributed by atoms with Crippen LogP contribution in [0.15, 0.2) is 23.3 Å². The Balaban J connectivity index is 2.78. The molecule has 80 valence electrons. The van der Waals surface area contributed by atoms with Crippen LogP contribution in [0, 0.1) is 0 Å². The average Bonchev–Trinajstić information content (AvgIpc) is 2.17. The van der Waals surface area contributed by atoms with Crippen LogP contribution in [0.4, 0.5) is 14.5 Å². The molecule has 0 aliphatic rings. The van der Waals surface area contributed by atoms with E-state index in [0.717, 1.165) is 0 Å². The highest BCUT2D eigenvalue weighted by Gasteiger charge is 2.06. The van der Waals surface area contributed by atoms with Gasteiger partial charge >= 0.3 is 0 Å². The van der Waals surface area contributed by atoms with Crippen LogP contribution in [-0.2, 0) is 0 Å². The quantitative estimate of drug-likeness (QED) is 0.442. The third kappa shape index (κ3) is 3.61. The second-order valence-electron chi connectivity index (χ2n) is 2.51. The lowest BCUT2D eigenvalue weighted by atomic mass is 10.3. The van der Waals surface area contributed by atoms with Gasteiger partial charge < -0.3 is 4.74 Å². The monoisotopic (exact) mass is 233 g/mol. The van der Waals surface area contributed by atoms with Crippen molar-refractivity contribution in [2.45, 2.75) is 6.43 Å². The number of alkyl halides is 2. The van der Waals surface area contributed by atoms with E-state index in [-0.39, 0.29) is 10.8 Å². The summed E-state index contributed by atoms with van der Waals surface area (Å²) in [6.45, 7) is -0.722. The van der Waals surface area contributed by atoms with Crippen LogP contribution in [0.2, 0.25) is 5.02 Å². The second kappa shape index (κ2) is 5.38. The fourth-order valence-electron chi connectivity index (χ4n) is 0.873. The Hall–Kier alpha value is -1.52. The Kier molecular flexibility index (Phi) is 4.15. The molecule has 0 spiro atoms. The largest absolute Gasteiger partial charge is 0.486 e. The van der Waals surface area contributed by atoms with E-state index in [2.05, 4.69) is 10.0 Å². The molecule has 0 aliphatic heterocycles. The molecule has 0 aliphatic carbocycles. The lowest BCUT2D eigenvalue weighted by molar-refractivity contribution is 0.0819. The predicted molar refractivity (Wildman–Crippen MR) is 51.8 cm³/mol. The first-order chi connectivity index (χ1) is 7.13. The van der Waals surface area contributed by atoms with Crippen molar-refractivity contribution in [3.63, 3.8) is 0 Å². The maximum absolute atomic E-state index is 11.8. The van der Waals surface area contributed by atoms with Crippen molar-refractivity contribution < 1.29 is 13.5 Å². The topological polar surface area (TPSA) is 58.0 Å². The highest BCUT2D eigenvalue weighted by molar-refractivity contribution is 6.32. The van der Waals surface area contributed by atoms with Gasteiger partial charge in [-0.15, -0.1) is 0 Å². The summed E-state index contributed by atoms with van der Waals surface area (Å²) in [5.41, 5.74) is 8.44. The molecule has 7 heteroatoms. The van der Waals surface area contributed by atoms with Crippen LogP contribution in [0.1, 0.15) is 0 Å². The molecule has 1 aromatic carbocycles. The first-order valence-electron chi connectivity index (χ1n) is 3.89. The maximum Gasteiger partial charge on any atom is 0.272 e. The zero-order valence-corrected chi connectivity index (χ0v) is 8.16. The summed E-state index contributed by atoms with van der Waals surface area (Å²) < 4.78 is 28.3. The SMILES string of the molecule is [N-]=[N+]=Nc1ccc(OCC(F)F)c(Cl)c1. The molecule has 0 amide bonds. The van der Waals surface area contributed by atoms with Gasteiger partial charge in [0, 0.05) is 10.6 Å². The molecule has 1 rings (SSSR count). The molecule has 0 N–H and O–H groups in total. The number of hydrogen-bond donors (Lipinski definition) is 0. The molecule has 0 fully saturated rings. The third-order valence-corrected chi connectivity index (χ3v) is 1.74. The molecule has 0 bridgehead atoms. The summed E-state index contributed by atoms with van der Waals surface area (Å²) in [6.07, 6.45) is -2.56. The molecule has 0 atom stereocenters. The van der Waals surface area contributed by atoms with Crippen LogP contribution in [0.3, 0.4) is 0 Å². The van der Waals surface area contributed by atoms with Crippen molar-refractivity contribution in [3.05, 3.63) is 33.7 Å². The van der Waals surface area contributed by atoms with E-state index in [9.17, 15) is 8.78 Å². The minimum Gasteiger partial charge on any atom is -0.486 e. The molecule has 0 unspecified atom stereocenters. The number of hydrogen-bond acceptors (Lipinski definition) is 2. The van der Waals surface area contributed by atoms with Gasteiger partial charge in [0.2, 0.25) is 0 Å². The Morgan fingerprint density at radius 2 is 2.27 bits per heavy atom. The van der Waals surface area contributed by atoms with Gasteiger partial charge in [0.25, 0.3) is 6.43 Å². The minimum atomic E-state index is -2.56. The zero-order valence-electron chi connectivity index (χ0n) is 7.40. The van der Waals surface area contributed by atoms with Crippen LogP contribution >= 0.6 is 11.6 Å². The second-order valence-corrected chi connectivity index (χ2v) is 2.91. The Morgan fingerprint density at radius 1 is 1.53 bits per heavy atom. The highest BCUT2D eigenvalue weighted by Crippen LogP contribution is 2.29. The first-order valence-corrected chi connectivity index (χ1v) is 4.27. The number of benzene rings is 1. The van der Waals surface area contributed by atoms with Gasteiger partial charge in [-0.05, 0) is 23.7 Å². The molecule has 0 saturated heterocycles. The number of ether oxygens (including phenoxy) is 1. The molecule has 1 aromatic rings.